The van der Waals surface area contributed by atoms with Gasteiger partial charge in [-0.3, -0.25) is 0 Å². The zero-order chi connectivity index (χ0) is 9.05. The highest BCUT2D eigenvalue weighted by Crippen LogP contribution is 2.59. The molecular weight excluding hydrogens is 164 g/mol. The van der Waals surface area contributed by atoms with E-state index >= 15 is 0 Å². The predicted octanol–water partition coefficient (Wildman–Crippen LogP) is 2.33. The Balaban J connectivity index is 1.81. The normalized spacial score (nSPS) is 52.2. The molecule has 2 aliphatic carbocycles. The molecule has 4 atom stereocenters. The molecule has 0 aromatic rings. The van der Waals surface area contributed by atoms with Crippen molar-refractivity contribution in [3.05, 3.63) is 0 Å². The maximum Gasteiger partial charge on any atom is 0.172 e. The van der Waals surface area contributed by atoms with Crippen LogP contribution in [0.25, 0.3) is 0 Å². The van der Waals surface area contributed by atoms with Crippen LogP contribution < -0.4 is 0 Å². The lowest BCUT2D eigenvalue weighted by Crippen LogP contribution is -2.36. The third kappa shape index (κ3) is 1.08. The van der Waals surface area contributed by atoms with E-state index in [9.17, 15) is 0 Å². The van der Waals surface area contributed by atoms with Gasteiger partial charge in [-0.1, -0.05) is 0 Å². The lowest BCUT2D eigenvalue weighted by molar-refractivity contribution is -0.203. The maximum absolute atomic E-state index is 6.03. The number of hydrogen-bond donors (Lipinski definition) is 0. The van der Waals surface area contributed by atoms with Gasteiger partial charge in [0.1, 0.15) is 0 Å². The van der Waals surface area contributed by atoms with E-state index in [-0.39, 0.29) is 5.79 Å². The smallest absolute Gasteiger partial charge is 0.172 e. The number of hydrogen-bond acceptors (Lipinski definition) is 2. The second-order valence-corrected chi connectivity index (χ2v) is 4.95. The van der Waals surface area contributed by atoms with Crippen LogP contribution in [0.3, 0.4) is 0 Å². The van der Waals surface area contributed by atoms with Gasteiger partial charge in [-0.25, -0.2) is 0 Å². The minimum Gasteiger partial charge on any atom is -0.344 e. The summed E-state index contributed by atoms with van der Waals surface area (Å²) in [6.07, 6.45) is 5.75. The zero-order valence-corrected chi connectivity index (χ0v) is 8.45. The maximum atomic E-state index is 6.03. The van der Waals surface area contributed by atoms with Crippen molar-refractivity contribution in [1.29, 1.82) is 0 Å². The van der Waals surface area contributed by atoms with Crippen LogP contribution in [0.4, 0.5) is 0 Å². The minimum absolute atomic E-state index is 0.151. The second kappa shape index (κ2) is 2.48. The first-order chi connectivity index (χ1) is 6.21. The van der Waals surface area contributed by atoms with Gasteiger partial charge >= 0.3 is 0 Å². The third-order valence-corrected chi connectivity index (χ3v) is 4.02. The Labute approximate surface area is 79.6 Å². The molecule has 0 aromatic carbocycles. The minimum atomic E-state index is -0.151. The van der Waals surface area contributed by atoms with Crippen LogP contribution in [0.15, 0.2) is 0 Å². The molecule has 3 aliphatic rings. The second-order valence-electron chi connectivity index (χ2n) is 4.95. The summed E-state index contributed by atoms with van der Waals surface area (Å²) in [6.45, 7) is 4.26. The van der Waals surface area contributed by atoms with Gasteiger partial charge in [-0.2, -0.15) is 0 Å². The summed E-state index contributed by atoms with van der Waals surface area (Å²) in [7, 11) is 0. The number of ether oxygens (including phenoxy) is 2. The number of rotatable bonds is 0. The molecule has 1 saturated heterocycles. The van der Waals surface area contributed by atoms with E-state index in [1.165, 1.54) is 19.3 Å². The van der Waals surface area contributed by atoms with Crippen molar-refractivity contribution in [2.24, 2.45) is 11.8 Å². The lowest BCUT2D eigenvalue weighted by Gasteiger charge is -2.31. The van der Waals surface area contributed by atoms with E-state index < -0.39 is 0 Å². The van der Waals surface area contributed by atoms with Crippen molar-refractivity contribution in [3.8, 4) is 0 Å². The SMILES string of the molecule is C[C@@H]1OC2(CCC[C@H]3C[C@H]32)O[C@H]1C. The van der Waals surface area contributed by atoms with Gasteiger partial charge in [0, 0.05) is 12.3 Å². The Hall–Kier alpha value is -0.0800. The van der Waals surface area contributed by atoms with Gasteiger partial charge in [-0.15, -0.1) is 0 Å². The molecule has 0 radical (unpaired) electrons. The van der Waals surface area contributed by atoms with Gasteiger partial charge in [0.2, 0.25) is 0 Å². The third-order valence-electron chi connectivity index (χ3n) is 4.02. The van der Waals surface area contributed by atoms with Crippen LogP contribution in [-0.2, 0) is 9.47 Å². The molecule has 74 valence electrons. The molecule has 0 aromatic heterocycles. The average molecular weight is 182 g/mol. The van der Waals surface area contributed by atoms with E-state index in [2.05, 4.69) is 13.8 Å². The quantitative estimate of drug-likeness (QED) is 0.572. The Morgan fingerprint density at radius 1 is 1.15 bits per heavy atom. The topological polar surface area (TPSA) is 18.5 Å². The van der Waals surface area contributed by atoms with Crippen molar-refractivity contribution >= 4 is 0 Å². The molecule has 3 rings (SSSR count). The largest absolute Gasteiger partial charge is 0.344 e. The van der Waals surface area contributed by atoms with E-state index in [1.807, 2.05) is 0 Å². The molecule has 0 amide bonds. The molecule has 13 heavy (non-hydrogen) atoms. The highest BCUT2D eigenvalue weighted by atomic mass is 16.8. The summed E-state index contributed by atoms with van der Waals surface area (Å²) in [5.41, 5.74) is 0. The summed E-state index contributed by atoms with van der Waals surface area (Å²) < 4.78 is 12.1. The Bertz CT molecular complexity index is 216. The van der Waals surface area contributed by atoms with Crippen LogP contribution in [-0.4, -0.2) is 18.0 Å². The molecule has 2 heteroatoms. The molecule has 3 fully saturated rings. The fourth-order valence-electron chi connectivity index (χ4n) is 3.04. The summed E-state index contributed by atoms with van der Waals surface area (Å²) in [6, 6.07) is 0. The summed E-state index contributed by atoms with van der Waals surface area (Å²) in [5, 5.41) is 0. The molecule has 2 saturated carbocycles. The fourth-order valence-corrected chi connectivity index (χ4v) is 3.04. The zero-order valence-electron chi connectivity index (χ0n) is 8.45. The molecule has 2 nitrogen and oxygen atoms in total. The molecule has 0 N–H and O–H groups in total. The number of fused-ring (bicyclic) bond motifs is 2. The molecule has 1 spiro atoms. The summed E-state index contributed by atoms with van der Waals surface area (Å²) in [4.78, 5) is 0. The van der Waals surface area contributed by atoms with E-state index in [0.29, 0.717) is 12.2 Å². The summed E-state index contributed by atoms with van der Waals surface area (Å²) in [5.74, 6) is 1.50. The van der Waals surface area contributed by atoms with Crippen LogP contribution in [0.2, 0.25) is 0 Å². The van der Waals surface area contributed by atoms with Crippen LogP contribution in [0.5, 0.6) is 0 Å². The first-order valence-electron chi connectivity index (χ1n) is 5.57. The van der Waals surface area contributed by atoms with Crippen molar-refractivity contribution in [2.75, 3.05) is 0 Å². The van der Waals surface area contributed by atoms with E-state index in [0.717, 1.165) is 18.3 Å². The highest BCUT2D eigenvalue weighted by Gasteiger charge is 2.60. The molecule has 1 heterocycles. The predicted molar refractivity (Wildman–Crippen MR) is 49.3 cm³/mol. The van der Waals surface area contributed by atoms with Gasteiger partial charge < -0.3 is 9.47 Å². The molecule has 1 aliphatic heterocycles. The lowest BCUT2D eigenvalue weighted by atomic mass is 9.94. The van der Waals surface area contributed by atoms with Crippen LogP contribution >= 0.6 is 0 Å². The van der Waals surface area contributed by atoms with Crippen LogP contribution in [0.1, 0.15) is 39.5 Å². The highest BCUT2D eigenvalue weighted by molar-refractivity contribution is 5.03. The Kier molecular flexibility index (Phi) is 1.58. The van der Waals surface area contributed by atoms with Gasteiger partial charge in [0.25, 0.3) is 0 Å². The average Bonchev–Trinajstić information content (AvgIpc) is 2.79. The van der Waals surface area contributed by atoms with Crippen molar-refractivity contribution in [2.45, 2.75) is 57.5 Å². The van der Waals surface area contributed by atoms with Crippen molar-refractivity contribution < 1.29 is 9.47 Å². The van der Waals surface area contributed by atoms with Crippen molar-refractivity contribution in [3.63, 3.8) is 0 Å². The van der Waals surface area contributed by atoms with Crippen LogP contribution in [0, 0.1) is 11.8 Å². The Morgan fingerprint density at radius 3 is 2.54 bits per heavy atom. The molecule has 0 bridgehead atoms. The van der Waals surface area contributed by atoms with Gasteiger partial charge in [0.05, 0.1) is 12.2 Å². The fraction of sp³-hybridized carbons (Fsp3) is 1.00. The van der Waals surface area contributed by atoms with E-state index in [1.54, 1.807) is 0 Å². The van der Waals surface area contributed by atoms with E-state index in [4.69, 9.17) is 9.47 Å². The van der Waals surface area contributed by atoms with Gasteiger partial charge in [0.15, 0.2) is 5.79 Å². The first kappa shape index (κ1) is 8.25. The molecule has 0 unspecified atom stereocenters. The molecular formula is C11H18O2. The van der Waals surface area contributed by atoms with Gasteiger partial charge in [-0.05, 0) is 39.0 Å². The first-order valence-corrected chi connectivity index (χ1v) is 5.57. The standard InChI is InChI=1S/C11H18O2/c1-7-8(2)13-11(12-7)5-3-4-9-6-10(9)11/h7-10H,3-6H2,1-2H3/t7-,8-,9-,10+/m0/s1. The Morgan fingerprint density at radius 2 is 1.85 bits per heavy atom. The monoisotopic (exact) mass is 182 g/mol. The van der Waals surface area contributed by atoms with Crippen molar-refractivity contribution in [1.82, 2.24) is 0 Å². The summed E-state index contributed by atoms with van der Waals surface area (Å²) >= 11 is 0.